The fraction of sp³-hybridized carbons (Fsp3) is 0.100. The number of rotatable bonds is 2. The molecule has 15 heavy (non-hydrogen) atoms. The van der Waals surface area contributed by atoms with E-state index in [1.807, 2.05) is 0 Å². The highest BCUT2D eigenvalue weighted by Gasteiger charge is 2.14. The molecule has 1 heterocycles. The summed E-state index contributed by atoms with van der Waals surface area (Å²) in [6, 6.07) is 3.26. The van der Waals surface area contributed by atoms with E-state index in [0.717, 1.165) is 6.08 Å². The van der Waals surface area contributed by atoms with Crippen LogP contribution in [0, 0.1) is 0 Å². The summed E-state index contributed by atoms with van der Waals surface area (Å²) in [5.41, 5.74) is 6.75. The van der Waals surface area contributed by atoms with E-state index in [0.29, 0.717) is 22.7 Å². The van der Waals surface area contributed by atoms with Gasteiger partial charge in [-0.25, -0.2) is 4.79 Å². The summed E-state index contributed by atoms with van der Waals surface area (Å²) < 4.78 is 10.3. The summed E-state index contributed by atoms with van der Waals surface area (Å²) >= 11 is 0. The molecule has 1 aromatic carbocycles. The average molecular weight is 207 g/mol. The number of nitrogen functional groups attached to an aromatic ring is 1. The minimum atomic E-state index is -1.02. The van der Waals surface area contributed by atoms with Crippen LogP contribution in [0.15, 0.2) is 18.2 Å². The maximum Gasteiger partial charge on any atom is 0.328 e. The lowest BCUT2D eigenvalue weighted by molar-refractivity contribution is -0.131. The lowest BCUT2D eigenvalue weighted by Gasteiger charge is -2.02. The molecule has 0 spiro atoms. The largest absolute Gasteiger partial charge is 0.478 e. The third kappa shape index (κ3) is 1.85. The SMILES string of the molecule is Nc1cc2c(cc1/C=C/C(=O)O)OCO2. The molecule has 0 amide bonds. The van der Waals surface area contributed by atoms with Crippen LogP contribution in [0.1, 0.15) is 5.56 Å². The molecule has 0 bridgehead atoms. The molecular weight excluding hydrogens is 198 g/mol. The quantitative estimate of drug-likeness (QED) is 0.560. The summed E-state index contributed by atoms with van der Waals surface area (Å²) in [4.78, 5) is 10.3. The van der Waals surface area contributed by atoms with E-state index in [9.17, 15) is 4.79 Å². The Hall–Kier alpha value is -2.17. The van der Waals surface area contributed by atoms with Crippen molar-refractivity contribution in [3.63, 3.8) is 0 Å². The van der Waals surface area contributed by atoms with Gasteiger partial charge in [0.05, 0.1) is 0 Å². The summed E-state index contributed by atoms with van der Waals surface area (Å²) in [7, 11) is 0. The molecule has 0 radical (unpaired) electrons. The second kappa shape index (κ2) is 3.53. The smallest absolute Gasteiger partial charge is 0.328 e. The Morgan fingerprint density at radius 1 is 1.40 bits per heavy atom. The van der Waals surface area contributed by atoms with Crippen molar-refractivity contribution in [2.75, 3.05) is 12.5 Å². The van der Waals surface area contributed by atoms with Gasteiger partial charge in [0.2, 0.25) is 6.79 Å². The highest BCUT2D eigenvalue weighted by molar-refractivity contribution is 5.87. The van der Waals surface area contributed by atoms with Crippen LogP contribution < -0.4 is 15.2 Å². The Morgan fingerprint density at radius 3 is 2.73 bits per heavy atom. The van der Waals surface area contributed by atoms with Gasteiger partial charge in [0.1, 0.15) is 0 Å². The molecule has 0 atom stereocenters. The molecule has 5 heteroatoms. The highest BCUT2D eigenvalue weighted by Crippen LogP contribution is 2.36. The third-order valence-electron chi connectivity index (χ3n) is 1.98. The zero-order valence-electron chi connectivity index (χ0n) is 7.77. The van der Waals surface area contributed by atoms with Crippen molar-refractivity contribution in [1.82, 2.24) is 0 Å². The minimum absolute atomic E-state index is 0.168. The van der Waals surface area contributed by atoms with Crippen LogP contribution in [0.5, 0.6) is 11.5 Å². The number of anilines is 1. The maximum absolute atomic E-state index is 10.3. The Balaban J connectivity index is 2.36. The summed E-state index contributed by atoms with van der Waals surface area (Å²) in [6.07, 6.45) is 2.44. The van der Waals surface area contributed by atoms with E-state index in [4.69, 9.17) is 20.3 Å². The summed E-state index contributed by atoms with van der Waals surface area (Å²) in [5.74, 6) is 0.140. The number of benzene rings is 1. The topological polar surface area (TPSA) is 81.8 Å². The maximum atomic E-state index is 10.3. The Morgan fingerprint density at radius 2 is 2.07 bits per heavy atom. The van der Waals surface area contributed by atoms with E-state index in [1.165, 1.54) is 6.08 Å². The molecule has 78 valence electrons. The number of hydrogen-bond acceptors (Lipinski definition) is 4. The molecule has 2 rings (SSSR count). The fourth-order valence-corrected chi connectivity index (χ4v) is 1.28. The van der Waals surface area contributed by atoms with E-state index < -0.39 is 5.97 Å². The van der Waals surface area contributed by atoms with Crippen molar-refractivity contribution in [2.45, 2.75) is 0 Å². The van der Waals surface area contributed by atoms with Crippen LogP contribution in [0.25, 0.3) is 6.08 Å². The van der Waals surface area contributed by atoms with Gasteiger partial charge < -0.3 is 20.3 Å². The van der Waals surface area contributed by atoms with Gasteiger partial charge in [0.15, 0.2) is 11.5 Å². The molecular formula is C10H9NO4. The Kier molecular flexibility index (Phi) is 2.21. The fourth-order valence-electron chi connectivity index (χ4n) is 1.28. The van der Waals surface area contributed by atoms with Crippen LogP contribution in [0.4, 0.5) is 5.69 Å². The third-order valence-corrected chi connectivity index (χ3v) is 1.98. The van der Waals surface area contributed by atoms with Crippen molar-refractivity contribution < 1.29 is 19.4 Å². The van der Waals surface area contributed by atoms with Crippen LogP contribution in [0.2, 0.25) is 0 Å². The van der Waals surface area contributed by atoms with E-state index in [-0.39, 0.29) is 6.79 Å². The van der Waals surface area contributed by atoms with Crippen molar-refractivity contribution in [3.05, 3.63) is 23.8 Å². The number of carboxylic acid groups (broad SMARTS) is 1. The first-order valence-electron chi connectivity index (χ1n) is 4.27. The molecule has 1 aromatic rings. The zero-order valence-corrected chi connectivity index (χ0v) is 7.77. The zero-order chi connectivity index (χ0) is 10.8. The first-order chi connectivity index (χ1) is 7.16. The predicted octanol–water partition coefficient (Wildman–Crippen LogP) is 1.10. The van der Waals surface area contributed by atoms with Crippen molar-refractivity contribution >= 4 is 17.7 Å². The number of carbonyl (C=O) groups is 1. The van der Waals surface area contributed by atoms with Crippen LogP contribution in [-0.4, -0.2) is 17.9 Å². The molecule has 0 saturated carbocycles. The average Bonchev–Trinajstić information content (AvgIpc) is 2.60. The molecule has 1 aliphatic heterocycles. The van der Waals surface area contributed by atoms with Gasteiger partial charge in [-0.1, -0.05) is 0 Å². The van der Waals surface area contributed by atoms with Crippen molar-refractivity contribution in [1.29, 1.82) is 0 Å². The standard InChI is InChI=1S/C10H9NO4/c11-7-4-9-8(14-5-15-9)3-6(7)1-2-10(12)13/h1-4H,5,11H2,(H,12,13)/b2-1+. The van der Waals surface area contributed by atoms with Gasteiger partial charge >= 0.3 is 5.97 Å². The normalized spacial score (nSPS) is 13.3. The first kappa shape index (κ1) is 9.39. The van der Waals surface area contributed by atoms with E-state index >= 15 is 0 Å². The lowest BCUT2D eigenvalue weighted by atomic mass is 10.1. The summed E-state index contributed by atoms with van der Waals surface area (Å²) in [5, 5.41) is 8.48. The van der Waals surface area contributed by atoms with Crippen LogP contribution >= 0.6 is 0 Å². The lowest BCUT2D eigenvalue weighted by Crippen LogP contribution is -1.92. The van der Waals surface area contributed by atoms with Crippen LogP contribution in [-0.2, 0) is 4.79 Å². The first-order valence-corrected chi connectivity index (χ1v) is 4.27. The molecule has 0 aliphatic carbocycles. The molecule has 5 nitrogen and oxygen atoms in total. The molecule has 3 N–H and O–H groups in total. The van der Waals surface area contributed by atoms with E-state index in [1.54, 1.807) is 12.1 Å². The number of carboxylic acids is 1. The molecule has 0 aromatic heterocycles. The predicted molar refractivity (Wildman–Crippen MR) is 53.6 cm³/mol. The molecule has 0 fully saturated rings. The number of fused-ring (bicyclic) bond motifs is 1. The highest BCUT2D eigenvalue weighted by atomic mass is 16.7. The Labute approximate surface area is 85.7 Å². The molecule has 0 saturated heterocycles. The number of hydrogen-bond donors (Lipinski definition) is 2. The second-order valence-corrected chi connectivity index (χ2v) is 3.01. The van der Waals surface area contributed by atoms with Gasteiger partial charge in [0, 0.05) is 23.4 Å². The van der Waals surface area contributed by atoms with Gasteiger partial charge in [-0.15, -0.1) is 0 Å². The monoisotopic (exact) mass is 207 g/mol. The summed E-state index contributed by atoms with van der Waals surface area (Å²) in [6.45, 7) is 0.168. The number of aliphatic carboxylic acids is 1. The second-order valence-electron chi connectivity index (χ2n) is 3.01. The molecule has 1 aliphatic rings. The van der Waals surface area contributed by atoms with Gasteiger partial charge in [-0.05, 0) is 12.1 Å². The van der Waals surface area contributed by atoms with Gasteiger partial charge in [-0.3, -0.25) is 0 Å². The minimum Gasteiger partial charge on any atom is -0.478 e. The van der Waals surface area contributed by atoms with Crippen molar-refractivity contribution in [3.8, 4) is 11.5 Å². The van der Waals surface area contributed by atoms with Gasteiger partial charge in [-0.2, -0.15) is 0 Å². The Bertz CT molecular complexity index is 439. The van der Waals surface area contributed by atoms with Crippen molar-refractivity contribution in [2.24, 2.45) is 0 Å². The van der Waals surface area contributed by atoms with Crippen LogP contribution in [0.3, 0.4) is 0 Å². The number of nitrogens with two attached hydrogens (primary N) is 1. The van der Waals surface area contributed by atoms with Gasteiger partial charge in [0.25, 0.3) is 0 Å². The van der Waals surface area contributed by atoms with E-state index in [2.05, 4.69) is 0 Å². The number of ether oxygens (including phenoxy) is 2. The molecule has 0 unspecified atom stereocenters.